The van der Waals surface area contributed by atoms with Crippen molar-refractivity contribution < 1.29 is 4.92 Å². The molecule has 0 spiro atoms. The number of halogens is 1. The van der Waals surface area contributed by atoms with Gasteiger partial charge in [-0.15, -0.1) is 4.68 Å². The molecule has 0 aliphatic rings. The fourth-order valence-corrected chi connectivity index (χ4v) is 1.30. The highest BCUT2D eigenvalue weighted by atomic mass is 127. The summed E-state index contributed by atoms with van der Waals surface area (Å²) in [6.07, 6.45) is 0. The molecule has 0 amide bonds. The van der Waals surface area contributed by atoms with Crippen molar-refractivity contribution in [2.75, 3.05) is 0 Å². The Labute approximate surface area is 76.7 Å². The zero-order valence-electron chi connectivity index (χ0n) is 5.82. The Morgan fingerprint density at radius 2 is 2.55 bits per heavy atom. The predicted octanol–water partition coefficient (Wildman–Crippen LogP) is 1.42. The van der Waals surface area contributed by atoms with Crippen LogP contribution in [0.15, 0.2) is 6.07 Å². The molecule has 1 heterocycles. The highest BCUT2D eigenvalue weighted by molar-refractivity contribution is 14.1. The van der Waals surface area contributed by atoms with Gasteiger partial charge in [0.15, 0.2) is 3.70 Å². The summed E-state index contributed by atoms with van der Waals surface area (Å²) >= 11 is 1.95. The maximum atomic E-state index is 10.3. The molecule has 0 saturated carbocycles. The van der Waals surface area contributed by atoms with Crippen molar-refractivity contribution in [1.82, 2.24) is 9.78 Å². The van der Waals surface area contributed by atoms with Crippen LogP contribution in [0, 0.1) is 13.8 Å². The smallest absolute Gasteiger partial charge is 0.345 e. The van der Waals surface area contributed by atoms with Gasteiger partial charge in [0.25, 0.3) is 0 Å². The van der Waals surface area contributed by atoms with Gasteiger partial charge in [-0.05, 0) is 34.4 Å². The molecular weight excluding hydrogens is 261 g/mol. The molecule has 0 atom stereocenters. The second kappa shape index (κ2) is 3.16. The average Bonchev–Trinajstić information content (AvgIpc) is 2.30. The molecule has 1 rings (SSSR count). The highest BCUT2D eigenvalue weighted by Gasteiger charge is 2.14. The van der Waals surface area contributed by atoms with E-state index in [1.54, 1.807) is 0 Å². The number of hydrogen-bond acceptors (Lipinski definition) is 3. The lowest BCUT2D eigenvalue weighted by atomic mass is 10.6. The summed E-state index contributed by atoms with van der Waals surface area (Å²) in [4.78, 5) is 9.90. The molecule has 0 bridgehead atoms. The van der Waals surface area contributed by atoms with Gasteiger partial charge in [-0.2, -0.15) is 0 Å². The normalized spacial score (nSPS) is 10.0. The zero-order valence-corrected chi connectivity index (χ0v) is 7.98. The molecule has 1 aromatic rings. The minimum absolute atomic E-state index is 0.0527. The van der Waals surface area contributed by atoms with Crippen LogP contribution in [0.25, 0.3) is 0 Å². The minimum atomic E-state index is -0.432. The number of aryl methyl sites for hydroxylation is 1. The van der Waals surface area contributed by atoms with Crippen molar-refractivity contribution in [2.45, 2.75) is 13.5 Å². The van der Waals surface area contributed by atoms with E-state index in [0.29, 0.717) is 10.2 Å². The SMILES string of the molecule is CCn1nc(I)cc1[N+](=O)[O-]. The summed E-state index contributed by atoms with van der Waals surface area (Å²) in [6.45, 7) is 2.34. The first-order chi connectivity index (χ1) is 5.15. The zero-order chi connectivity index (χ0) is 8.43. The van der Waals surface area contributed by atoms with E-state index in [-0.39, 0.29) is 5.82 Å². The molecule has 0 N–H and O–H groups in total. The van der Waals surface area contributed by atoms with Crippen LogP contribution in [0.2, 0.25) is 0 Å². The fourth-order valence-electron chi connectivity index (χ4n) is 0.756. The van der Waals surface area contributed by atoms with Gasteiger partial charge in [-0.3, -0.25) is 0 Å². The van der Waals surface area contributed by atoms with Crippen LogP contribution >= 0.6 is 22.6 Å². The van der Waals surface area contributed by atoms with Crippen LogP contribution in [-0.4, -0.2) is 14.7 Å². The first-order valence-corrected chi connectivity index (χ1v) is 4.10. The Balaban J connectivity index is 3.12. The molecule has 5 nitrogen and oxygen atoms in total. The fraction of sp³-hybridized carbons (Fsp3) is 0.400. The van der Waals surface area contributed by atoms with Gasteiger partial charge in [0.1, 0.15) is 6.54 Å². The van der Waals surface area contributed by atoms with Crippen molar-refractivity contribution in [3.63, 3.8) is 0 Å². The third-order valence-corrected chi connectivity index (χ3v) is 1.74. The van der Waals surface area contributed by atoms with Crippen molar-refractivity contribution in [3.8, 4) is 0 Å². The van der Waals surface area contributed by atoms with Gasteiger partial charge in [0.2, 0.25) is 0 Å². The summed E-state index contributed by atoms with van der Waals surface area (Å²) in [5, 5.41) is 14.2. The van der Waals surface area contributed by atoms with E-state index in [0.717, 1.165) is 0 Å². The van der Waals surface area contributed by atoms with E-state index in [1.165, 1.54) is 10.7 Å². The van der Waals surface area contributed by atoms with Gasteiger partial charge in [-0.1, -0.05) is 5.10 Å². The maximum Gasteiger partial charge on any atom is 0.345 e. The molecule has 0 unspecified atom stereocenters. The third-order valence-electron chi connectivity index (χ3n) is 1.22. The van der Waals surface area contributed by atoms with Crippen molar-refractivity contribution >= 4 is 28.4 Å². The van der Waals surface area contributed by atoms with Gasteiger partial charge in [0.05, 0.1) is 6.07 Å². The standard InChI is InChI=1S/C5H6IN3O2/c1-2-8-5(9(10)11)3-4(6)7-8/h3H,2H2,1H3. The molecule has 1 aromatic heterocycles. The number of nitro groups is 1. The highest BCUT2D eigenvalue weighted by Crippen LogP contribution is 2.14. The summed E-state index contributed by atoms with van der Waals surface area (Å²) in [7, 11) is 0. The van der Waals surface area contributed by atoms with E-state index in [2.05, 4.69) is 5.10 Å². The third kappa shape index (κ3) is 1.67. The van der Waals surface area contributed by atoms with E-state index >= 15 is 0 Å². The molecule has 6 heteroatoms. The second-order valence-electron chi connectivity index (χ2n) is 1.90. The molecule has 0 aliphatic heterocycles. The van der Waals surface area contributed by atoms with Crippen molar-refractivity contribution in [3.05, 3.63) is 19.9 Å². The van der Waals surface area contributed by atoms with Crippen LogP contribution in [-0.2, 0) is 6.54 Å². The van der Waals surface area contributed by atoms with Crippen LogP contribution in [0.5, 0.6) is 0 Å². The first kappa shape index (κ1) is 8.44. The Morgan fingerprint density at radius 3 is 2.91 bits per heavy atom. The quantitative estimate of drug-likeness (QED) is 0.462. The first-order valence-electron chi connectivity index (χ1n) is 3.03. The maximum absolute atomic E-state index is 10.3. The number of rotatable bonds is 2. The van der Waals surface area contributed by atoms with Gasteiger partial charge < -0.3 is 10.1 Å². The van der Waals surface area contributed by atoms with E-state index < -0.39 is 4.92 Å². The Hall–Kier alpha value is -0.660. The summed E-state index contributed by atoms with van der Waals surface area (Å²) in [5.41, 5.74) is 0. The van der Waals surface area contributed by atoms with Crippen LogP contribution < -0.4 is 0 Å². The molecule has 0 fully saturated rings. The largest absolute Gasteiger partial charge is 0.358 e. The summed E-state index contributed by atoms with van der Waals surface area (Å²) in [6, 6.07) is 1.45. The lowest BCUT2D eigenvalue weighted by molar-refractivity contribution is -0.392. The lowest BCUT2D eigenvalue weighted by Gasteiger charge is -1.92. The van der Waals surface area contributed by atoms with Crippen LogP contribution in [0.1, 0.15) is 6.92 Å². The molecule has 60 valence electrons. The molecule has 0 radical (unpaired) electrons. The predicted molar refractivity (Wildman–Crippen MR) is 47.3 cm³/mol. The van der Waals surface area contributed by atoms with E-state index in [1.807, 2.05) is 29.5 Å². The van der Waals surface area contributed by atoms with Crippen LogP contribution in [0.4, 0.5) is 5.82 Å². The Kier molecular flexibility index (Phi) is 2.42. The van der Waals surface area contributed by atoms with E-state index in [4.69, 9.17) is 0 Å². The number of nitrogens with zero attached hydrogens (tertiary/aromatic N) is 3. The summed E-state index contributed by atoms with van der Waals surface area (Å²) in [5.74, 6) is 0.0527. The number of hydrogen-bond donors (Lipinski definition) is 0. The molecule has 11 heavy (non-hydrogen) atoms. The molecule has 0 aliphatic carbocycles. The molecule has 0 aromatic carbocycles. The monoisotopic (exact) mass is 267 g/mol. The van der Waals surface area contributed by atoms with Gasteiger partial charge in [0, 0.05) is 0 Å². The topological polar surface area (TPSA) is 61.0 Å². The lowest BCUT2D eigenvalue weighted by Crippen LogP contribution is -2.01. The van der Waals surface area contributed by atoms with E-state index in [9.17, 15) is 10.1 Å². The Morgan fingerprint density at radius 1 is 1.91 bits per heavy atom. The summed E-state index contributed by atoms with van der Waals surface area (Å²) < 4.78 is 2.01. The second-order valence-corrected chi connectivity index (χ2v) is 3.00. The van der Waals surface area contributed by atoms with Crippen LogP contribution in [0.3, 0.4) is 0 Å². The van der Waals surface area contributed by atoms with Gasteiger partial charge >= 0.3 is 5.82 Å². The van der Waals surface area contributed by atoms with Crippen molar-refractivity contribution in [2.24, 2.45) is 0 Å². The minimum Gasteiger partial charge on any atom is -0.358 e. The number of aromatic nitrogens is 2. The Bertz CT molecular complexity index is 283. The molecule has 0 saturated heterocycles. The average molecular weight is 267 g/mol. The van der Waals surface area contributed by atoms with Gasteiger partial charge in [-0.25, -0.2) is 0 Å². The molecular formula is C5H6IN3O2. The van der Waals surface area contributed by atoms with Crippen molar-refractivity contribution in [1.29, 1.82) is 0 Å².